The van der Waals surface area contributed by atoms with Crippen LogP contribution in [0.1, 0.15) is 41.0 Å². The average molecular weight is 341 g/mol. The lowest BCUT2D eigenvalue weighted by atomic mass is 9.88. The number of likely N-dealkylation sites (tertiary alicyclic amines) is 1. The van der Waals surface area contributed by atoms with Crippen LogP contribution in [0.5, 0.6) is 0 Å². The molecule has 1 fully saturated rings. The standard InChI is InChI=1S/C17H31N3O4/c1-7-11-9-20(16(22)24-17(3,4)5)10-12(14(11)19-6)13(18)15(21)23-8-2/h11,15,21H,7-10,18H2,1-6H3/b13-12-,19-14?. The van der Waals surface area contributed by atoms with Gasteiger partial charge in [-0.3, -0.25) is 4.99 Å². The molecule has 7 nitrogen and oxygen atoms in total. The molecular weight excluding hydrogens is 310 g/mol. The SMILES string of the molecule is CCOC(O)/C(N)=C1\CN(C(=O)OC(C)(C)C)CC(CC)C1=NC. The smallest absolute Gasteiger partial charge is 0.410 e. The summed E-state index contributed by atoms with van der Waals surface area (Å²) >= 11 is 0. The Morgan fingerprint density at radius 2 is 2.08 bits per heavy atom. The second-order valence-corrected chi connectivity index (χ2v) is 6.82. The molecule has 0 aliphatic carbocycles. The maximum absolute atomic E-state index is 12.4. The molecule has 1 saturated heterocycles. The summed E-state index contributed by atoms with van der Waals surface area (Å²) in [6, 6.07) is 0. The molecule has 1 aliphatic heterocycles. The van der Waals surface area contributed by atoms with Crippen molar-refractivity contribution in [2.24, 2.45) is 16.6 Å². The number of carbonyl (C=O) groups excluding carboxylic acids is 1. The molecule has 1 rings (SSSR count). The quantitative estimate of drug-likeness (QED) is 0.761. The van der Waals surface area contributed by atoms with Crippen LogP contribution < -0.4 is 5.73 Å². The molecule has 138 valence electrons. The van der Waals surface area contributed by atoms with Crippen LogP contribution in [0.3, 0.4) is 0 Å². The van der Waals surface area contributed by atoms with Gasteiger partial charge in [0.05, 0.1) is 12.2 Å². The van der Waals surface area contributed by atoms with E-state index < -0.39 is 18.0 Å². The number of hydrogen-bond donors (Lipinski definition) is 2. The molecule has 2 atom stereocenters. The van der Waals surface area contributed by atoms with Crippen molar-refractivity contribution in [2.75, 3.05) is 26.7 Å². The van der Waals surface area contributed by atoms with Crippen molar-refractivity contribution in [3.63, 3.8) is 0 Å². The van der Waals surface area contributed by atoms with Crippen LogP contribution in [0.4, 0.5) is 4.79 Å². The van der Waals surface area contributed by atoms with Gasteiger partial charge in [0.1, 0.15) is 5.60 Å². The van der Waals surface area contributed by atoms with E-state index in [0.29, 0.717) is 18.7 Å². The van der Waals surface area contributed by atoms with Gasteiger partial charge in [-0.1, -0.05) is 6.92 Å². The third-order valence-corrected chi connectivity index (χ3v) is 3.81. The minimum atomic E-state index is -1.21. The van der Waals surface area contributed by atoms with Gasteiger partial charge in [0.15, 0.2) is 6.29 Å². The predicted molar refractivity (Wildman–Crippen MR) is 93.8 cm³/mol. The number of ether oxygens (including phenoxy) is 2. The first-order valence-corrected chi connectivity index (χ1v) is 8.37. The summed E-state index contributed by atoms with van der Waals surface area (Å²) in [5.41, 5.74) is 7.18. The van der Waals surface area contributed by atoms with Gasteiger partial charge in [-0.15, -0.1) is 0 Å². The zero-order valence-corrected chi connectivity index (χ0v) is 15.6. The lowest BCUT2D eigenvalue weighted by Crippen LogP contribution is -2.48. The molecule has 0 spiro atoms. The van der Waals surface area contributed by atoms with E-state index in [1.54, 1.807) is 18.9 Å². The average Bonchev–Trinajstić information content (AvgIpc) is 2.51. The number of rotatable bonds is 4. The van der Waals surface area contributed by atoms with E-state index in [-0.39, 0.29) is 18.2 Å². The van der Waals surface area contributed by atoms with Gasteiger partial charge in [-0.05, 0) is 34.1 Å². The van der Waals surface area contributed by atoms with Crippen molar-refractivity contribution >= 4 is 11.8 Å². The van der Waals surface area contributed by atoms with E-state index in [2.05, 4.69) is 4.99 Å². The van der Waals surface area contributed by atoms with Crippen LogP contribution in [0, 0.1) is 5.92 Å². The van der Waals surface area contributed by atoms with Crippen LogP contribution in [0.15, 0.2) is 16.3 Å². The largest absolute Gasteiger partial charge is 0.444 e. The highest BCUT2D eigenvalue weighted by atomic mass is 16.6. The fraction of sp³-hybridized carbons (Fsp3) is 0.765. The van der Waals surface area contributed by atoms with E-state index in [0.717, 1.165) is 12.1 Å². The molecule has 1 amide bonds. The number of carbonyl (C=O) groups is 1. The lowest BCUT2D eigenvalue weighted by Gasteiger charge is -2.37. The molecule has 0 aromatic rings. The summed E-state index contributed by atoms with van der Waals surface area (Å²) in [5.74, 6) is 0.0404. The first-order valence-electron chi connectivity index (χ1n) is 8.37. The molecular formula is C17H31N3O4. The summed E-state index contributed by atoms with van der Waals surface area (Å²) in [6.45, 7) is 10.4. The third-order valence-electron chi connectivity index (χ3n) is 3.81. The molecule has 1 heterocycles. The van der Waals surface area contributed by atoms with Crippen molar-refractivity contribution in [3.8, 4) is 0 Å². The Balaban J connectivity index is 3.15. The molecule has 0 aromatic heterocycles. The molecule has 2 unspecified atom stereocenters. The Kier molecular flexibility index (Phi) is 7.23. The minimum Gasteiger partial charge on any atom is -0.444 e. The Bertz CT molecular complexity index is 508. The number of aliphatic hydroxyl groups is 1. The number of hydrogen-bond acceptors (Lipinski definition) is 6. The highest BCUT2D eigenvalue weighted by Gasteiger charge is 2.35. The van der Waals surface area contributed by atoms with Crippen LogP contribution in [0.25, 0.3) is 0 Å². The summed E-state index contributed by atoms with van der Waals surface area (Å²) in [4.78, 5) is 18.4. The Hall–Kier alpha value is -1.60. The molecule has 3 N–H and O–H groups in total. The van der Waals surface area contributed by atoms with Crippen molar-refractivity contribution in [2.45, 2.75) is 52.9 Å². The second kappa shape index (κ2) is 8.48. The van der Waals surface area contributed by atoms with Crippen LogP contribution >= 0.6 is 0 Å². The van der Waals surface area contributed by atoms with Gasteiger partial charge in [-0.25, -0.2) is 4.79 Å². The number of aliphatic imine (C=N–C) groups is 1. The van der Waals surface area contributed by atoms with Crippen molar-refractivity contribution in [1.29, 1.82) is 0 Å². The van der Waals surface area contributed by atoms with Gasteiger partial charge in [0, 0.05) is 37.4 Å². The second-order valence-electron chi connectivity index (χ2n) is 6.82. The Morgan fingerprint density at radius 3 is 2.54 bits per heavy atom. The monoisotopic (exact) mass is 341 g/mol. The number of nitrogens with two attached hydrogens (primary N) is 1. The van der Waals surface area contributed by atoms with Crippen molar-refractivity contribution in [1.82, 2.24) is 4.90 Å². The topological polar surface area (TPSA) is 97.4 Å². The number of aliphatic hydroxyl groups excluding tert-OH is 1. The molecule has 1 aliphatic rings. The molecule has 0 bridgehead atoms. The molecule has 0 aromatic carbocycles. The highest BCUT2D eigenvalue weighted by molar-refractivity contribution is 6.04. The summed E-state index contributed by atoms with van der Waals surface area (Å²) in [5, 5.41) is 10.1. The van der Waals surface area contributed by atoms with E-state index in [1.165, 1.54) is 0 Å². The maximum atomic E-state index is 12.4. The van der Waals surface area contributed by atoms with Gasteiger partial charge in [0.2, 0.25) is 0 Å². The fourth-order valence-electron chi connectivity index (χ4n) is 2.68. The Labute approximate surface area is 144 Å². The van der Waals surface area contributed by atoms with E-state index in [1.807, 2.05) is 27.7 Å². The first kappa shape index (κ1) is 20.4. The van der Waals surface area contributed by atoms with E-state index in [4.69, 9.17) is 15.2 Å². The Morgan fingerprint density at radius 1 is 1.46 bits per heavy atom. The summed E-state index contributed by atoms with van der Waals surface area (Å²) in [6.07, 6.45) is -0.807. The molecule has 0 saturated carbocycles. The van der Waals surface area contributed by atoms with Crippen LogP contribution in [0.2, 0.25) is 0 Å². The van der Waals surface area contributed by atoms with Crippen LogP contribution in [-0.2, 0) is 9.47 Å². The number of nitrogens with zero attached hydrogens (tertiary/aromatic N) is 2. The number of amides is 1. The zero-order valence-electron chi connectivity index (χ0n) is 15.6. The van der Waals surface area contributed by atoms with Crippen molar-refractivity contribution in [3.05, 3.63) is 11.3 Å². The fourth-order valence-corrected chi connectivity index (χ4v) is 2.68. The van der Waals surface area contributed by atoms with Gasteiger partial charge >= 0.3 is 6.09 Å². The highest BCUT2D eigenvalue weighted by Crippen LogP contribution is 2.25. The van der Waals surface area contributed by atoms with Gasteiger partial charge in [0.25, 0.3) is 0 Å². The van der Waals surface area contributed by atoms with Gasteiger partial charge < -0.3 is 25.2 Å². The zero-order chi connectivity index (χ0) is 18.5. The number of piperidine rings is 1. The first-order chi connectivity index (χ1) is 11.1. The van der Waals surface area contributed by atoms with E-state index >= 15 is 0 Å². The molecule has 0 radical (unpaired) electrons. The normalized spacial score (nSPS) is 24.0. The third kappa shape index (κ3) is 5.21. The predicted octanol–water partition coefficient (Wildman–Crippen LogP) is 1.90. The summed E-state index contributed by atoms with van der Waals surface area (Å²) < 4.78 is 10.6. The van der Waals surface area contributed by atoms with Crippen molar-refractivity contribution < 1.29 is 19.4 Å². The van der Waals surface area contributed by atoms with Gasteiger partial charge in [-0.2, -0.15) is 0 Å². The summed E-state index contributed by atoms with van der Waals surface area (Å²) in [7, 11) is 1.70. The van der Waals surface area contributed by atoms with Crippen LogP contribution in [-0.4, -0.2) is 60.4 Å². The minimum absolute atomic E-state index is 0.0404. The molecule has 7 heteroatoms. The molecule has 24 heavy (non-hydrogen) atoms. The van der Waals surface area contributed by atoms with E-state index in [9.17, 15) is 9.90 Å². The lowest BCUT2D eigenvalue weighted by molar-refractivity contribution is -0.0686. The maximum Gasteiger partial charge on any atom is 0.410 e.